The zero-order chi connectivity index (χ0) is 19.2. The number of amides is 3. The van der Waals surface area contributed by atoms with Crippen molar-refractivity contribution in [3.05, 3.63) is 48.5 Å². The second-order valence-electron chi connectivity index (χ2n) is 7.05. The molecule has 6 nitrogen and oxygen atoms in total. The Labute approximate surface area is 159 Å². The molecule has 27 heavy (non-hydrogen) atoms. The number of carbonyl (C=O) groups is 2. The van der Waals surface area contributed by atoms with Gasteiger partial charge in [-0.15, -0.1) is 0 Å². The molecular weight excluding hydrogens is 340 g/mol. The van der Waals surface area contributed by atoms with Gasteiger partial charge in [-0.2, -0.15) is 0 Å². The van der Waals surface area contributed by atoms with Gasteiger partial charge in [0.15, 0.2) is 0 Å². The number of nitrogens with zero attached hydrogens (tertiary/aromatic N) is 1. The van der Waals surface area contributed by atoms with Crippen LogP contribution in [0.1, 0.15) is 26.7 Å². The Bertz CT molecular complexity index is 779. The van der Waals surface area contributed by atoms with Crippen LogP contribution in [0.3, 0.4) is 0 Å². The number of benzene rings is 2. The summed E-state index contributed by atoms with van der Waals surface area (Å²) in [5.41, 5.74) is 3.29. The summed E-state index contributed by atoms with van der Waals surface area (Å²) in [6.45, 7) is 5.93. The highest BCUT2D eigenvalue weighted by atomic mass is 16.2. The molecule has 1 aliphatic heterocycles. The van der Waals surface area contributed by atoms with E-state index in [-0.39, 0.29) is 11.9 Å². The molecule has 3 rings (SSSR count). The predicted octanol–water partition coefficient (Wildman–Crippen LogP) is 4.53. The molecule has 6 heteroatoms. The molecule has 2 aromatic carbocycles. The maximum Gasteiger partial charge on any atom is 0.323 e. The first kappa shape index (κ1) is 18.8. The van der Waals surface area contributed by atoms with E-state index < -0.39 is 0 Å². The van der Waals surface area contributed by atoms with E-state index in [4.69, 9.17) is 0 Å². The van der Waals surface area contributed by atoms with E-state index >= 15 is 0 Å². The molecule has 0 aliphatic carbocycles. The summed E-state index contributed by atoms with van der Waals surface area (Å²) in [7, 11) is 0. The van der Waals surface area contributed by atoms with Crippen LogP contribution >= 0.6 is 0 Å². The summed E-state index contributed by atoms with van der Waals surface area (Å²) < 4.78 is 0. The van der Waals surface area contributed by atoms with Crippen molar-refractivity contribution < 1.29 is 9.59 Å². The second kappa shape index (κ2) is 8.58. The number of carbonyl (C=O) groups excluding carboxylic acids is 2. The van der Waals surface area contributed by atoms with Crippen LogP contribution in [0.4, 0.5) is 27.5 Å². The molecule has 3 N–H and O–H groups in total. The van der Waals surface area contributed by atoms with Gasteiger partial charge in [-0.1, -0.05) is 6.92 Å². The van der Waals surface area contributed by atoms with Gasteiger partial charge in [0.25, 0.3) is 0 Å². The second-order valence-corrected chi connectivity index (χ2v) is 7.05. The molecule has 1 aliphatic rings. The van der Waals surface area contributed by atoms with Gasteiger partial charge in [0.1, 0.15) is 0 Å². The lowest BCUT2D eigenvalue weighted by molar-refractivity contribution is -0.114. The summed E-state index contributed by atoms with van der Waals surface area (Å²) in [5.74, 6) is 0.675. The van der Waals surface area contributed by atoms with Gasteiger partial charge in [0.2, 0.25) is 5.91 Å². The monoisotopic (exact) mass is 366 g/mol. The molecule has 0 spiro atoms. The number of urea groups is 1. The minimum atomic E-state index is -0.304. The maximum absolute atomic E-state index is 12.2. The highest BCUT2D eigenvalue weighted by molar-refractivity contribution is 6.00. The highest BCUT2D eigenvalue weighted by Gasteiger charge is 2.15. The van der Waals surface area contributed by atoms with Crippen LogP contribution in [0, 0.1) is 5.92 Å². The molecule has 1 heterocycles. The zero-order valence-corrected chi connectivity index (χ0v) is 15.8. The lowest BCUT2D eigenvalue weighted by Crippen LogP contribution is -2.32. The normalized spacial score (nSPS) is 14.5. The molecule has 0 aromatic heterocycles. The molecule has 0 bridgehead atoms. The Kier molecular flexibility index (Phi) is 5.96. The van der Waals surface area contributed by atoms with E-state index in [0.29, 0.717) is 11.4 Å². The van der Waals surface area contributed by atoms with Gasteiger partial charge in [-0.3, -0.25) is 4.79 Å². The van der Waals surface area contributed by atoms with E-state index in [1.807, 2.05) is 24.3 Å². The van der Waals surface area contributed by atoms with Crippen molar-refractivity contribution in [3.8, 4) is 0 Å². The first-order valence-corrected chi connectivity index (χ1v) is 9.30. The van der Waals surface area contributed by atoms with Crippen molar-refractivity contribution in [3.63, 3.8) is 0 Å². The molecule has 3 amide bonds. The van der Waals surface area contributed by atoms with Crippen molar-refractivity contribution in [2.75, 3.05) is 33.9 Å². The van der Waals surface area contributed by atoms with E-state index in [1.54, 1.807) is 24.3 Å². The number of anilines is 4. The lowest BCUT2D eigenvalue weighted by atomic mass is 9.99. The Hall–Kier alpha value is -3.02. The van der Waals surface area contributed by atoms with Gasteiger partial charge < -0.3 is 20.9 Å². The number of hydrogen-bond acceptors (Lipinski definition) is 3. The fraction of sp³-hybridized carbons (Fsp3) is 0.333. The largest absolute Gasteiger partial charge is 0.372 e. The summed E-state index contributed by atoms with van der Waals surface area (Å²) >= 11 is 0. The third-order valence-corrected chi connectivity index (χ3v) is 4.74. The predicted molar refractivity (Wildman–Crippen MR) is 110 cm³/mol. The minimum absolute atomic E-state index is 0.129. The molecule has 0 saturated carbocycles. The fourth-order valence-electron chi connectivity index (χ4n) is 3.16. The van der Waals surface area contributed by atoms with Gasteiger partial charge in [0.05, 0.1) is 0 Å². The molecular formula is C21H26N4O2. The number of piperidine rings is 1. The SMILES string of the molecule is CC(=O)Nc1ccc(NC(=O)Nc2ccc(N3CCC(C)CC3)cc2)cc1. The van der Waals surface area contributed by atoms with E-state index in [0.717, 1.165) is 24.7 Å². The van der Waals surface area contributed by atoms with Crippen LogP contribution in [0.15, 0.2) is 48.5 Å². The summed E-state index contributed by atoms with van der Waals surface area (Å²) in [6.07, 6.45) is 2.45. The first-order valence-electron chi connectivity index (χ1n) is 9.30. The Balaban J connectivity index is 1.52. The summed E-state index contributed by atoms with van der Waals surface area (Å²) in [4.78, 5) is 25.6. The molecule has 1 saturated heterocycles. The van der Waals surface area contributed by atoms with E-state index in [1.165, 1.54) is 25.5 Å². The Morgan fingerprint density at radius 3 is 1.74 bits per heavy atom. The Morgan fingerprint density at radius 1 is 0.815 bits per heavy atom. The average Bonchev–Trinajstić information content (AvgIpc) is 2.64. The summed E-state index contributed by atoms with van der Waals surface area (Å²) in [6, 6.07) is 14.6. The van der Waals surface area contributed by atoms with Gasteiger partial charge >= 0.3 is 6.03 Å². The topological polar surface area (TPSA) is 73.5 Å². The van der Waals surface area contributed by atoms with Gasteiger partial charge in [-0.25, -0.2) is 4.79 Å². The fourth-order valence-corrected chi connectivity index (χ4v) is 3.16. The molecule has 0 unspecified atom stereocenters. The number of nitrogens with one attached hydrogen (secondary N) is 3. The van der Waals surface area contributed by atoms with Crippen LogP contribution in [0.5, 0.6) is 0 Å². The van der Waals surface area contributed by atoms with Gasteiger partial charge in [-0.05, 0) is 67.3 Å². The van der Waals surface area contributed by atoms with Crippen LogP contribution in [-0.2, 0) is 4.79 Å². The molecule has 1 fully saturated rings. The highest BCUT2D eigenvalue weighted by Crippen LogP contribution is 2.24. The lowest BCUT2D eigenvalue weighted by Gasteiger charge is -2.32. The third-order valence-electron chi connectivity index (χ3n) is 4.74. The van der Waals surface area contributed by atoms with Crippen molar-refractivity contribution in [1.29, 1.82) is 0 Å². The van der Waals surface area contributed by atoms with Crippen molar-refractivity contribution in [2.45, 2.75) is 26.7 Å². The van der Waals surface area contributed by atoms with Crippen LogP contribution < -0.4 is 20.9 Å². The van der Waals surface area contributed by atoms with Crippen LogP contribution in [0.25, 0.3) is 0 Å². The van der Waals surface area contributed by atoms with Crippen molar-refractivity contribution >= 4 is 34.7 Å². The van der Waals surface area contributed by atoms with Crippen molar-refractivity contribution in [2.24, 2.45) is 5.92 Å². The quantitative estimate of drug-likeness (QED) is 0.744. The summed E-state index contributed by atoms with van der Waals surface area (Å²) in [5, 5.41) is 8.31. The van der Waals surface area contributed by atoms with Crippen molar-refractivity contribution in [1.82, 2.24) is 0 Å². The molecule has 0 atom stereocenters. The molecule has 142 valence electrons. The van der Waals surface area contributed by atoms with Gasteiger partial charge in [0, 0.05) is 42.8 Å². The average molecular weight is 366 g/mol. The molecule has 2 aromatic rings. The van der Waals surface area contributed by atoms with Crippen LogP contribution in [0.2, 0.25) is 0 Å². The Morgan fingerprint density at radius 2 is 1.26 bits per heavy atom. The molecule has 0 radical (unpaired) electrons. The first-order chi connectivity index (χ1) is 13.0. The minimum Gasteiger partial charge on any atom is -0.372 e. The maximum atomic E-state index is 12.2. The van der Waals surface area contributed by atoms with E-state index in [9.17, 15) is 9.59 Å². The number of rotatable bonds is 4. The standard InChI is InChI=1S/C21H26N4O2/c1-15-11-13-25(14-12-15)20-9-7-19(8-10-20)24-21(27)23-18-5-3-17(4-6-18)22-16(2)26/h3-10,15H,11-14H2,1-2H3,(H,22,26)(H2,23,24,27). The zero-order valence-electron chi connectivity index (χ0n) is 15.8. The van der Waals surface area contributed by atoms with E-state index in [2.05, 4.69) is 27.8 Å². The third kappa shape index (κ3) is 5.48. The van der Waals surface area contributed by atoms with Crippen LogP contribution in [-0.4, -0.2) is 25.0 Å². The number of hydrogen-bond donors (Lipinski definition) is 3. The smallest absolute Gasteiger partial charge is 0.323 e.